The van der Waals surface area contributed by atoms with Gasteiger partial charge in [0.2, 0.25) is 0 Å². The Morgan fingerprint density at radius 3 is 1.74 bits per heavy atom. The van der Waals surface area contributed by atoms with Crippen LogP contribution in [0.25, 0.3) is 0 Å². The number of rotatable bonds is 24. The summed E-state index contributed by atoms with van der Waals surface area (Å²) < 4.78 is 17.7. The first-order chi connectivity index (χ1) is 31.2. The molecule has 7 heteroatoms. The van der Waals surface area contributed by atoms with Crippen molar-refractivity contribution in [2.24, 2.45) is 16.7 Å². The maximum absolute atomic E-state index is 12.5. The van der Waals surface area contributed by atoms with Gasteiger partial charge in [-0.05, 0) is 108 Å². The van der Waals surface area contributed by atoms with E-state index >= 15 is 0 Å². The third-order valence-corrected chi connectivity index (χ3v) is 13.4. The Labute approximate surface area is 401 Å². The lowest BCUT2D eigenvalue weighted by atomic mass is 9.71. The van der Waals surface area contributed by atoms with Crippen molar-refractivity contribution in [3.8, 4) is 0 Å². The normalized spacial score (nSPS) is 26.2. The smallest absolute Gasteiger partial charge is 0.305 e. The summed E-state index contributed by atoms with van der Waals surface area (Å²) in [4.78, 5) is 12.5. The Kier molecular flexibility index (Phi) is 24.6. The summed E-state index contributed by atoms with van der Waals surface area (Å²) in [6.07, 6.45) is 37.6. The first kappa shape index (κ1) is 56.7. The zero-order chi connectivity index (χ0) is 48.9. The van der Waals surface area contributed by atoms with Gasteiger partial charge in [-0.1, -0.05) is 205 Å². The summed E-state index contributed by atoms with van der Waals surface area (Å²) in [5.41, 5.74) is 10.2. The summed E-state index contributed by atoms with van der Waals surface area (Å²) in [6.45, 7) is 26.2. The molecule has 1 heterocycles. The second-order valence-corrected chi connectivity index (χ2v) is 21.2. The van der Waals surface area contributed by atoms with Crippen LogP contribution in [0.5, 0.6) is 0 Å². The van der Waals surface area contributed by atoms with Crippen LogP contribution in [0.3, 0.4) is 0 Å². The maximum Gasteiger partial charge on any atom is 0.305 e. The molecule has 3 N–H and O–H groups in total. The van der Waals surface area contributed by atoms with Gasteiger partial charge in [0, 0.05) is 6.42 Å². The molecule has 1 aliphatic heterocycles. The molecule has 0 radical (unpaired) electrons. The molecule has 0 spiro atoms. The number of aliphatic hydroxyl groups excluding tert-OH is 3. The second kappa shape index (κ2) is 28.7. The molecule has 6 atom stereocenters. The monoisotopic (exact) mass is 911 g/mol. The number of hydrogen-bond donors (Lipinski definition) is 3. The van der Waals surface area contributed by atoms with Gasteiger partial charge in [-0.15, -0.1) is 0 Å². The SMILES string of the molecule is CC1=C(/C=C/C(C)=C/C=C/C(C)=C/C=C/C=C(C)/C=C/C=C(C)/C=C/C2=C(C)C[C@@H](OC3O[C@H](COC(=O)CCCCCCCCCC(C)C)[C@@H](O)[C@H](O)[C@H]3O)CC2(C)C)C(C)(C)CCC1. The highest BCUT2D eigenvalue weighted by molar-refractivity contribution is 5.69. The maximum atomic E-state index is 12.5. The molecule has 1 fully saturated rings. The molecule has 0 aromatic heterocycles. The van der Waals surface area contributed by atoms with Gasteiger partial charge in [-0.25, -0.2) is 0 Å². The van der Waals surface area contributed by atoms with Crippen LogP contribution >= 0.6 is 0 Å². The van der Waals surface area contributed by atoms with Gasteiger partial charge >= 0.3 is 5.97 Å². The molecule has 0 amide bonds. The van der Waals surface area contributed by atoms with Gasteiger partial charge in [-0.3, -0.25) is 4.79 Å². The average Bonchev–Trinajstić information content (AvgIpc) is 3.23. The van der Waals surface area contributed by atoms with E-state index in [0.717, 1.165) is 36.3 Å². The van der Waals surface area contributed by atoms with Gasteiger partial charge in [0.05, 0.1) is 6.10 Å². The van der Waals surface area contributed by atoms with Crippen molar-refractivity contribution in [2.75, 3.05) is 6.61 Å². The van der Waals surface area contributed by atoms with Gasteiger partial charge in [0.15, 0.2) is 6.29 Å². The summed E-state index contributed by atoms with van der Waals surface area (Å²) in [7, 11) is 0. The first-order valence-corrected chi connectivity index (χ1v) is 25.2. The number of carbonyl (C=O) groups excluding carboxylic acids is 1. The Morgan fingerprint density at radius 2 is 1.20 bits per heavy atom. The minimum atomic E-state index is -1.49. The van der Waals surface area contributed by atoms with Gasteiger partial charge in [0.25, 0.3) is 0 Å². The van der Waals surface area contributed by atoms with E-state index in [9.17, 15) is 20.1 Å². The van der Waals surface area contributed by atoms with E-state index in [1.165, 1.54) is 84.8 Å². The zero-order valence-corrected chi connectivity index (χ0v) is 43.2. The molecule has 2 aliphatic carbocycles. The molecular weight excluding hydrogens is 821 g/mol. The summed E-state index contributed by atoms with van der Waals surface area (Å²) >= 11 is 0. The van der Waals surface area contributed by atoms with E-state index in [2.05, 4.69) is 168 Å². The van der Waals surface area contributed by atoms with Gasteiger partial charge < -0.3 is 29.5 Å². The predicted molar refractivity (Wildman–Crippen MR) is 276 cm³/mol. The Hall–Kier alpha value is -3.59. The highest BCUT2D eigenvalue weighted by atomic mass is 16.7. The van der Waals surface area contributed by atoms with Crippen molar-refractivity contribution in [3.05, 3.63) is 130 Å². The largest absolute Gasteiger partial charge is 0.463 e. The summed E-state index contributed by atoms with van der Waals surface area (Å²) in [5, 5.41) is 32.2. The lowest BCUT2D eigenvalue weighted by molar-refractivity contribution is -0.313. The Balaban J connectivity index is 1.47. The fraction of sp³-hybridized carbons (Fsp3) is 0.610. The van der Waals surface area contributed by atoms with Crippen molar-refractivity contribution in [1.29, 1.82) is 0 Å². The minimum absolute atomic E-state index is 0.220. The summed E-state index contributed by atoms with van der Waals surface area (Å²) in [6, 6.07) is 0. The zero-order valence-electron chi connectivity index (χ0n) is 43.2. The highest BCUT2D eigenvalue weighted by Gasteiger charge is 2.46. The van der Waals surface area contributed by atoms with E-state index in [-0.39, 0.29) is 29.5 Å². The molecule has 0 saturated carbocycles. The molecule has 7 nitrogen and oxygen atoms in total. The Bertz CT molecular complexity index is 1890. The van der Waals surface area contributed by atoms with Gasteiger partial charge in [0.1, 0.15) is 31.0 Å². The van der Waals surface area contributed by atoms with E-state index in [1.54, 1.807) is 0 Å². The van der Waals surface area contributed by atoms with Crippen molar-refractivity contribution < 1.29 is 34.3 Å². The van der Waals surface area contributed by atoms with Crippen LogP contribution in [0.15, 0.2) is 130 Å². The molecule has 0 aromatic rings. The molecule has 3 rings (SSSR count). The van der Waals surface area contributed by atoms with Crippen LogP contribution in [-0.2, 0) is 19.0 Å². The lowest BCUT2D eigenvalue weighted by Gasteiger charge is -2.43. The van der Waals surface area contributed by atoms with E-state index in [4.69, 9.17) is 14.2 Å². The highest BCUT2D eigenvalue weighted by Crippen LogP contribution is 2.43. The van der Waals surface area contributed by atoms with Crippen molar-refractivity contribution in [2.45, 2.75) is 210 Å². The lowest BCUT2D eigenvalue weighted by Crippen LogP contribution is -2.60. The molecule has 368 valence electrons. The molecule has 0 bridgehead atoms. The number of ether oxygens (including phenoxy) is 3. The standard InChI is InChI=1S/C59H90O7/c1-42(2)25-18-16-14-13-15-17-19-33-53(60)64-41-52-54(61)55(62)56(63)57(66-52)65-49-39-48(8)51(59(11,12)40-49)37-35-46(6)31-23-29-44(4)27-21-20-26-43(3)28-22-30-45(5)34-36-50-47(7)32-24-38-58(50,9)10/h20-23,26-31,34-37,42,49,52,54-57,61-63H,13-19,24-25,32-33,38-41H2,1-12H3/b21-20+,28-22+,29-23+,36-34+,37-35+,43-26+,44-27+,45-30+,46-31+/t49-,52-,54-,55+,56-,57?/m1/s1. The van der Waals surface area contributed by atoms with Crippen molar-refractivity contribution in [3.63, 3.8) is 0 Å². The van der Waals surface area contributed by atoms with Crippen LogP contribution in [0.1, 0.15) is 173 Å². The van der Waals surface area contributed by atoms with E-state index in [1.807, 2.05) is 0 Å². The quantitative estimate of drug-likeness (QED) is 0.0503. The topological polar surface area (TPSA) is 105 Å². The number of hydrogen-bond acceptors (Lipinski definition) is 7. The number of allylic oxidation sites excluding steroid dienone is 21. The number of esters is 1. The second-order valence-electron chi connectivity index (χ2n) is 21.2. The minimum Gasteiger partial charge on any atom is -0.463 e. The van der Waals surface area contributed by atoms with Gasteiger partial charge in [-0.2, -0.15) is 0 Å². The first-order valence-electron chi connectivity index (χ1n) is 25.2. The van der Waals surface area contributed by atoms with Crippen molar-refractivity contribution in [1.82, 2.24) is 0 Å². The van der Waals surface area contributed by atoms with Crippen LogP contribution in [0.2, 0.25) is 0 Å². The van der Waals surface area contributed by atoms with E-state index < -0.39 is 30.7 Å². The number of unbranched alkanes of at least 4 members (excludes halogenated alkanes) is 6. The van der Waals surface area contributed by atoms with Crippen LogP contribution in [0, 0.1) is 16.7 Å². The van der Waals surface area contributed by atoms with E-state index in [0.29, 0.717) is 19.3 Å². The van der Waals surface area contributed by atoms with Crippen LogP contribution in [-0.4, -0.2) is 64.7 Å². The molecule has 66 heavy (non-hydrogen) atoms. The molecule has 1 saturated heterocycles. The average molecular weight is 911 g/mol. The third-order valence-electron chi connectivity index (χ3n) is 13.4. The predicted octanol–water partition coefficient (Wildman–Crippen LogP) is 14.1. The number of aliphatic hydroxyl groups is 3. The Morgan fingerprint density at radius 1 is 0.682 bits per heavy atom. The third kappa shape index (κ3) is 20.3. The molecule has 3 aliphatic rings. The fourth-order valence-corrected chi connectivity index (χ4v) is 9.33. The van der Waals surface area contributed by atoms with Crippen LogP contribution < -0.4 is 0 Å². The molecular formula is C59H90O7. The fourth-order valence-electron chi connectivity index (χ4n) is 9.33. The molecule has 0 aromatic carbocycles. The summed E-state index contributed by atoms with van der Waals surface area (Å²) in [5.74, 6) is 0.404. The van der Waals surface area contributed by atoms with Crippen LogP contribution in [0.4, 0.5) is 0 Å². The number of carbonyl (C=O) groups is 1. The molecule has 1 unspecified atom stereocenters. The van der Waals surface area contributed by atoms with Crippen molar-refractivity contribution >= 4 is 5.97 Å².